The minimum Gasteiger partial charge on any atom is -0.486 e. The lowest BCUT2D eigenvalue weighted by atomic mass is 9.97. The number of fused-ring (bicyclic) bond motifs is 1. The molecule has 1 fully saturated rings. The van der Waals surface area contributed by atoms with Crippen LogP contribution in [0.1, 0.15) is 30.0 Å². The van der Waals surface area contributed by atoms with Crippen molar-refractivity contribution in [3.63, 3.8) is 0 Å². The van der Waals surface area contributed by atoms with Gasteiger partial charge in [-0.15, -0.1) is 0 Å². The standard InChI is InChI=1S/C14H15F2NO4/c15-13(16)7-3-9(10-4-8(6-17-10)14(18)19)12-11(5-7)20-1-2-21-12/h3,5,8,10,13,17H,1-2,4,6H2,(H,18,19). The van der Waals surface area contributed by atoms with Crippen LogP contribution in [0.2, 0.25) is 0 Å². The zero-order valence-electron chi connectivity index (χ0n) is 11.1. The fraction of sp³-hybridized carbons (Fsp3) is 0.500. The predicted octanol–water partition coefficient (Wildman–Crippen LogP) is 2.13. The summed E-state index contributed by atoms with van der Waals surface area (Å²) < 4.78 is 36.9. The van der Waals surface area contributed by atoms with Crippen molar-refractivity contribution in [2.75, 3.05) is 19.8 Å². The first-order valence-electron chi connectivity index (χ1n) is 6.74. The second-order valence-corrected chi connectivity index (χ2v) is 5.17. The Bertz CT molecular complexity index is 564. The molecule has 2 N–H and O–H groups in total. The number of carbonyl (C=O) groups is 1. The Morgan fingerprint density at radius 3 is 2.76 bits per heavy atom. The number of alkyl halides is 2. The van der Waals surface area contributed by atoms with Gasteiger partial charge in [-0.1, -0.05) is 0 Å². The molecule has 2 heterocycles. The quantitative estimate of drug-likeness (QED) is 0.895. The van der Waals surface area contributed by atoms with Crippen LogP contribution in [0.15, 0.2) is 12.1 Å². The Balaban J connectivity index is 1.97. The molecule has 1 aromatic rings. The number of rotatable bonds is 3. The fourth-order valence-electron chi connectivity index (χ4n) is 2.75. The van der Waals surface area contributed by atoms with E-state index in [4.69, 9.17) is 14.6 Å². The number of nitrogens with one attached hydrogen (secondary N) is 1. The van der Waals surface area contributed by atoms with Gasteiger partial charge in [0, 0.05) is 23.7 Å². The molecule has 0 spiro atoms. The summed E-state index contributed by atoms with van der Waals surface area (Å²) in [5.74, 6) is -0.671. The van der Waals surface area contributed by atoms with Crippen LogP contribution in [0.3, 0.4) is 0 Å². The number of aliphatic carboxylic acids is 1. The van der Waals surface area contributed by atoms with Gasteiger partial charge in [0.1, 0.15) is 13.2 Å². The fourth-order valence-corrected chi connectivity index (χ4v) is 2.75. The number of carboxylic acid groups (broad SMARTS) is 1. The van der Waals surface area contributed by atoms with Crippen molar-refractivity contribution >= 4 is 5.97 Å². The van der Waals surface area contributed by atoms with E-state index in [-0.39, 0.29) is 11.6 Å². The smallest absolute Gasteiger partial charge is 0.307 e. The summed E-state index contributed by atoms with van der Waals surface area (Å²) >= 11 is 0. The first-order valence-corrected chi connectivity index (χ1v) is 6.74. The van der Waals surface area contributed by atoms with Crippen molar-refractivity contribution in [1.82, 2.24) is 5.32 Å². The van der Waals surface area contributed by atoms with Crippen LogP contribution in [0.4, 0.5) is 8.78 Å². The van der Waals surface area contributed by atoms with E-state index in [1.54, 1.807) is 0 Å². The summed E-state index contributed by atoms with van der Waals surface area (Å²) in [6, 6.07) is 2.34. The third-order valence-electron chi connectivity index (χ3n) is 3.80. The number of halogens is 2. The van der Waals surface area contributed by atoms with Gasteiger partial charge < -0.3 is 19.9 Å². The summed E-state index contributed by atoms with van der Waals surface area (Å²) in [6.45, 7) is 0.979. The highest BCUT2D eigenvalue weighted by Gasteiger charge is 2.34. The van der Waals surface area contributed by atoms with Crippen LogP contribution in [0, 0.1) is 5.92 Å². The van der Waals surface area contributed by atoms with Gasteiger partial charge >= 0.3 is 5.97 Å². The first-order chi connectivity index (χ1) is 10.1. The number of hydrogen-bond acceptors (Lipinski definition) is 4. The molecule has 0 bridgehead atoms. The van der Waals surface area contributed by atoms with E-state index >= 15 is 0 Å². The van der Waals surface area contributed by atoms with Crippen molar-refractivity contribution in [1.29, 1.82) is 0 Å². The lowest BCUT2D eigenvalue weighted by Gasteiger charge is -2.24. The highest BCUT2D eigenvalue weighted by atomic mass is 19.3. The Kier molecular flexibility index (Phi) is 3.67. The molecule has 0 amide bonds. The molecule has 2 aliphatic heterocycles. The highest BCUT2D eigenvalue weighted by molar-refractivity contribution is 5.71. The summed E-state index contributed by atoms with van der Waals surface area (Å²) in [7, 11) is 0. The maximum atomic E-state index is 13.0. The molecule has 5 nitrogen and oxygen atoms in total. The third-order valence-corrected chi connectivity index (χ3v) is 3.80. The average molecular weight is 299 g/mol. The number of benzene rings is 1. The molecule has 0 radical (unpaired) electrons. The predicted molar refractivity (Wildman–Crippen MR) is 68.9 cm³/mol. The van der Waals surface area contributed by atoms with Gasteiger partial charge in [0.05, 0.1) is 5.92 Å². The van der Waals surface area contributed by atoms with Crippen molar-refractivity contribution in [3.8, 4) is 11.5 Å². The monoisotopic (exact) mass is 299 g/mol. The van der Waals surface area contributed by atoms with E-state index in [0.29, 0.717) is 43.2 Å². The Hall–Kier alpha value is -1.89. The topological polar surface area (TPSA) is 67.8 Å². The Morgan fingerprint density at radius 1 is 1.33 bits per heavy atom. The van der Waals surface area contributed by atoms with Gasteiger partial charge in [-0.2, -0.15) is 0 Å². The maximum Gasteiger partial charge on any atom is 0.307 e. The minimum absolute atomic E-state index is 0.144. The lowest BCUT2D eigenvalue weighted by Crippen LogP contribution is -2.21. The molecule has 2 atom stereocenters. The molecule has 2 unspecified atom stereocenters. The van der Waals surface area contributed by atoms with Gasteiger partial charge in [-0.25, -0.2) is 8.78 Å². The normalized spacial score (nSPS) is 24.3. The molecule has 3 rings (SSSR count). The second-order valence-electron chi connectivity index (χ2n) is 5.17. The van der Waals surface area contributed by atoms with Crippen molar-refractivity contribution < 1.29 is 28.2 Å². The van der Waals surface area contributed by atoms with E-state index in [1.165, 1.54) is 12.1 Å². The second kappa shape index (κ2) is 5.48. The van der Waals surface area contributed by atoms with Crippen molar-refractivity contribution in [2.24, 2.45) is 5.92 Å². The summed E-state index contributed by atoms with van der Waals surface area (Å²) in [4.78, 5) is 11.0. The Labute approximate surface area is 119 Å². The van der Waals surface area contributed by atoms with E-state index < -0.39 is 18.3 Å². The maximum absolute atomic E-state index is 13.0. The van der Waals surface area contributed by atoms with E-state index in [1.807, 2.05) is 0 Å². The lowest BCUT2D eigenvalue weighted by molar-refractivity contribution is -0.141. The van der Waals surface area contributed by atoms with E-state index in [0.717, 1.165) is 0 Å². The molecule has 1 saturated heterocycles. The molecule has 2 aliphatic rings. The SMILES string of the molecule is O=C(O)C1CNC(c2cc(C(F)F)cc3c2OCCO3)C1. The van der Waals surface area contributed by atoms with Gasteiger partial charge in [-0.05, 0) is 18.6 Å². The largest absolute Gasteiger partial charge is 0.486 e. The molecule has 0 saturated carbocycles. The zero-order valence-corrected chi connectivity index (χ0v) is 11.1. The summed E-state index contributed by atoms with van der Waals surface area (Å²) in [5.41, 5.74) is 0.404. The van der Waals surface area contributed by atoms with Gasteiger partial charge in [0.2, 0.25) is 0 Å². The number of hydrogen-bond donors (Lipinski definition) is 2. The third kappa shape index (κ3) is 2.65. The zero-order chi connectivity index (χ0) is 15.0. The molecule has 21 heavy (non-hydrogen) atoms. The van der Waals surface area contributed by atoms with Crippen LogP contribution in [-0.4, -0.2) is 30.8 Å². The molecular formula is C14H15F2NO4. The summed E-state index contributed by atoms with van der Waals surface area (Å²) in [5, 5.41) is 12.1. The number of ether oxygens (including phenoxy) is 2. The van der Waals surface area contributed by atoms with Crippen LogP contribution < -0.4 is 14.8 Å². The minimum atomic E-state index is -2.61. The van der Waals surface area contributed by atoms with Crippen molar-refractivity contribution in [2.45, 2.75) is 18.9 Å². The summed E-state index contributed by atoms with van der Waals surface area (Å²) in [6.07, 6.45) is -2.27. The Morgan fingerprint density at radius 2 is 2.10 bits per heavy atom. The molecule has 1 aromatic carbocycles. The molecular weight excluding hydrogens is 284 g/mol. The molecule has 0 aliphatic carbocycles. The highest BCUT2D eigenvalue weighted by Crippen LogP contribution is 2.43. The van der Waals surface area contributed by atoms with Gasteiger partial charge in [0.15, 0.2) is 11.5 Å². The van der Waals surface area contributed by atoms with Gasteiger partial charge in [0.25, 0.3) is 6.43 Å². The van der Waals surface area contributed by atoms with Crippen molar-refractivity contribution in [3.05, 3.63) is 23.3 Å². The van der Waals surface area contributed by atoms with Gasteiger partial charge in [-0.3, -0.25) is 4.79 Å². The van der Waals surface area contributed by atoms with Crippen LogP contribution in [0.25, 0.3) is 0 Å². The average Bonchev–Trinajstić information content (AvgIpc) is 2.96. The van der Waals surface area contributed by atoms with E-state index in [9.17, 15) is 13.6 Å². The first kappa shape index (κ1) is 14.1. The molecule has 7 heteroatoms. The molecule has 114 valence electrons. The molecule has 0 aromatic heterocycles. The van der Waals surface area contributed by atoms with E-state index in [2.05, 4.69) is 5.32 Å². The van der Waals surface area contributed by atoms with Crippen LogP contribution in [0.5, 0.6) is 11.5 Å². The number of carboxylic acids is 1. The van der Waals surface area contributed by atoms with Crippen LogP contribution >= 0.6 is 0 Å². The van der Waals surface area contributed by atoms with Crippen LogP contribution in [-0.2, 0) is 4.79 Å².